The van der Waals surface area contributed by atoms with E-state index >= 15 is 0 Å². The summed E-state index contributed by atoms with van der Waals surface area (Å²) in [6.07, 6.45) is 5.05. The number of pyridine rings is 1. The van der Waals surface area contributed by atoms with Crippen LogP contribution in [0, 0.1) is 18.8 Å². The molecular weight excluding hydrogens is 428 g/mol. The van der Waals surface area contributed by atoms with Crippen LogP contribution in [0.25, 0.3) is 11.1 Å². The molecule has 0 radical (unpaired) electrons. The van der Waals surface area contributed by atoms with Crippen molar-refractivity contribution < 1.29 is 19.4 Å². The third-order valence-electron chi connectivity index (χ3n) is 6.49. The van der Waals surface area contributed by atoms with E-state index in [1.807, 2.05) is 36.5 Å². The van der Waals surface area contributed by atoms with Crippen molar-refractivity contribution in [3.05, 3.63) is 71.9 Å². The number of aryl methyl sites for hydroxylation is 1. The van der Waals surface area contributed by atoms with E-state index in [1.165, 1.54) is 11.1 Å². The molecule has 34 heavy (non-hydrogen) atoms. The zero-order valence-electron chi connectivity index (χ0n) is 19.8. The first kappa shape index (κ1) is 23.6. The normalized spacial score (nSPS) is 17.7. The van der Waals surface area contributed by atoms with Gasteiger partial charge < -0.3 is 19.9 Å². The van der Waals surface area contributed by atoms with E-state index in [4.69, 9.17) is 9.47 Å². The monoisotopic (exact) mass is 460 g/mol. The second-order valence-electron chi connectivity index (χ2n) is 9.01. The third-order valence-corrected chi connectivity index (χ3v) is 6.49. The Morgan fingerprint density at radius 1 is 1.03 bits per heavy atom. The molecule has 2 N–H and O–H groups in total. The highest BCUT2D eigenvalue weighted by Gasteiger charge is 2.26. The highest BCUT2D eigenvalue weighted by atomic mass is 16.5. The highest BCUT2D eigenvalue weighted by molar-refractivity contribution is 5.70. The van der Waals surface area contributed by atoms with Crippen molar-refractivity contribution in [3.63, 3.8) is 0 Å². The van der Waals surface area contributed by atoms with Crippen LogP contribution >= 0.6 is 0 Å². The molecule has 0 aliphatic heterocycles. The fourth-order valence-corrected chi connectivity index (χ4v) is 4.44. The number of rotatable bonds is 9. The quantitative estimate of drug-likeness (QED) is 0.411. The Balaban J connectivity index is 1.38. The van der Waals surface area contributed by atoms with Crippen LogP contribution in [-0.4, -0.2) is 29.8 Å². The summed E-state index contributed by atoms with van der Waals surface area (Å²) in [6, 6.07) is 18.3. The molecule has 3 aromatic rings. The minimum Gasteiger partial charge on any atom is -0.493 e. The Kier molecular flexibility index (Phi) is 7.68. The van der Waals surface area contributed by atoms with Crippen molar-refractivity contribution in [1.29, 1.82) is 0 Å². The predicted molar refractivity (Wildman–Crippen MR) is 133 cm³/mol. The third kappa shape index (κ3) is 6.07. The molecule has 4 rings (SSSR count). The molecule has 0 saturated heterocycles. The number of ether oxygens (including phenoxy) is 2. The second kappa shape index (κ2) is 11.1. The molecule has 0 atom stereocenters. The first-order chi connectivity index (χ1) is 16.5. The Hall–Kier alpha value is -3.54. The second-order valence-corrected chi connectivity index (χ2v) is 9.01. The van der Waals surface area contributed by atoms with Gasteiger partial charge in [0.15, 0.2) is 11.5 Å². The summed E-state index contributed by atoms with van der Waals surface area (Å²) in [7, 11) is 1.64. The van der Waals surface area contributed by atoms with E-state index in [0.29, 0.717) is 24.0 Å². The number of carbonyl (C=O) groups is 1. The molecule has 1 saturated carbocycles. The summed E-state index contributed by atoms with van der Waals surface area (Å²) >= 11 is 0. The molecule has 0 unspecified atom stereocenters. The summed E-state index contributed by atoms with van der Waals surface area (Å²) in [5.74, 6) is 1.68. The number of carboxylic acid groups (broad SMARTS) is 1. The smallest absolute Gasteiger partial charge is 0.306 e. The molecule has 0 bridgehead atoms. The van der Waals surface area contributed by atoms with E-state index < -0.39 is 5.97 Å². The number of benzene rings is 2. The van der Waals surface area contributed by atoms with Gasteiger partial charge in [-0.2, -0.15) is 0 Å². The lowest BCUT2D eigenvalue weighted by atomic mass is 9.82. The molecule has 1 fully saturated rings. The average Bonchev–Trinajstić information content (AvgIpc) is 2.86. The fourth-order valence-electron chi connectivity index (χ4n) is 4.44. The highest BCUT2D eigenvalue weighted by Crippen LogP contribution is 2.35. The summed E-state index contributed by atoms with van der Waals surface area (Å²) < 4.78 is 11.6. The van der Waals surface area contributed by atoms with Gasteiger partial charge in [-0.1, -0.05) is 35.9 Å². The Bertz CT molecular complexity index is 1110. The van der Waals surface area contributed by atoms with Gasteiger partial charge in [-0.25, -0.2) is 4.98 Å². The largest absolute Gasteiger partial charge is 0.493 e. The maximum atomic E-state index is 11.2. The van der Waals surface area contributed by atoms with Gasteiger partial charge in [-0.3, -0.25) is 4.79 Å². The topological polar surface area (TPSA) is 80.7 Å². The van der Waals surface area contributed by atoms with Gasteiger partial charge in [0.05, 0.1) is 19.6 Å². The van der Waals surface area contributed by atoms with E-state index in [2.05, 4.69) is 41.5 Å². The van der Waals surface area contributed by atoms with Crippen molar-refractivity contribution in [2.75, 3.05) is 19.0 Å². The van der Waals surface area contributed by atoms with Gasteiger partial charge >= 0.3 is 5.97 Å². The zero-order valence-corrected chi connectivity index (χ0v) is 19.8. The maximum absolute atomic E-state index is 11.2. The molecule has 178 valence electrons. The number of anilines is 1. The molecule has 1 heterocycles. The molecule has 0 amide bonds. The summed E-state index contributed by atoms with van der Waals surface area (Å²) in [5, 5.41) is 12.6. The molecule has 2 aromatic carbocycles. The summed E-state index contributed by atoms with van der Waals surface area (Å²) in [6.45, 7) is 3.38. The predicted octanol–water partition coefficient (Wildman–Crippen LogP) is 5.95. The van der Waals surface area contributed by atoms with Crippen LogP contribution in [0.2, 0.25) is 0 Å². The van der Waals surface area contributed by atoms with Crippen LogP contribution in [0.15, 0.2) is 60.8 Å². The van der Waals surface area contributed by atoms with Crippen molar-refractivity contribution in [2.45, 2.75) is 39.2 Å². The summed E-state index contributed by atoms with van der Waals surface area (Å²) in [5.41, 5.74) is 4.46. The maximum Gasteiger partial charge on any atom is 0.306 e. The Morgan fingerprint density at radius 3 is 2.50 bits per heavy atom. The minimum atomic E-state index is -0.682. The lowest BCUT2D eigenvalue weighted by molar-refractivity contribution is -0.143. The molecule has 6 nitrogen and oxygen atoms in total. The van der Waals surface area contributed by atoms with Crippen LogP contribution in [0.1, 0.15) is 36.8 Å². The number of hydrogen-bond acceptors (Lipinski definition) is 5. The Morgan fingerprint density at radius 2 is 1.82 bits per heavy atom. The van der Waals surface area contributed by atoms with Crippen molar-refractivity contribution >= 4 is 11.8 Å². The van der Waals surface area contributed by atoms with Crippen LogP contribution in [-0.2, 0) is 11.3 Å². The van der Waals surface area contributed by atoms with Gasteiger partial charge in [-0.05, 0) is 73.9 Å². The minimum absolute atomic E-state index is 0.212. The lowest BCUT2D eigenvalue weighted by Crippen LogP contribution is -2.24. The van der Waals surface area contributed by atoms with Gasteiger partial charge in [0.25, 0.3) is 0 Å². The van der Waals surface area contributed by atoms with E-state index in [9.17, 15) is 9.90 Å². The zero-order chi connectivity index (χ0) is 23.9. The molecule has 1 aliphatic rings. The molecule has 0 spiro atoms. The van der Waals surface area contributed by atoms with Crippen LogP contribution in [0.3, 0.4) is 0 Å². The SMILES string of the molecule is COc1ccc(-c2ccc(NCc3cccc(C)c3)nc2)cc1OCC1CCC(C(=O)O)CC1. The van der Waals surface area contributed by atoms with E-state index in [-0.39, 0.29) is 5.92 Å². The van der Waals surface area contributed by atoms with E-state index in [1.54, 1.807) is 7.11 Å². The summed E-state index contributed by atoms with van der Waals surface area (Å²) in [4.78, 5) is 15.7. The Labute approximate surface area is 201 Å². The van der Waals surface area contributed by atoms with Gasteiger partial charge in [0.1, 0.15) is 5.82 Å². The molecule has 1 aromatic heterocycles. The van der Waals surface area contributed by atoms with Crippen molar-refractivity contribution in [2.24, 2.45) is 11.8 Å². The first-order valence-electron chi connectivity index (χ1n) is 11.8. The van der Waals surface area contributed by atoms with Gasteiger partial charge in [0.2, 0.25) is 0 Å². The van der Waals surface area contributed by atoms with Crippen molar-refractivity contribution in [1.82, 2.24) is 4.98 Å². The van der Waals surface area contributed by atoms with Gasteiger partial charge in [0, 0.05) is 18.3 Å². The fraction of sp³-hybridized carbons (Fsp3) is 0.357. The van der Waals surface area contributed by atoms with Crippen LogP contribution in [0.4, 0.5) is 5.82 Å². The number of carboxylic acids is 1. The molecular formula is C28H32N2O4. The molecule has 6 heteroatoms. The first-order valence-corrected chi connectivity index (χ1v) is 11.8. The number of hydrogen-bond donors (Lipinski definition) is 2. The number of nitrogens with one attached hydrogen (secondary N) is 1. The number of nitrogens with zero attached hydrogens (tertiary/aromatic N) is 1. The lowest BCUT2D eigenvalue weighted by Gasteiger charge is -2.26. The van der Waals surface area contributed by atoms with Crippen molar-refractivity contribution in [3.8, 4) is 22.6 Å². The van der Waals surface area contributed by atoms with Crippen LogP contribution < -0.4 is 14.8 Å². The van der Waals surface area contributed by atoms with E-state index in [0.717, 1.165) is 49.2 Å². The number of aromatic nitrogens is 1. The molecule has 1 aliphatic carbocycles. The number of aliphatic carboxylic acids is 1. The average molecular weight is 461 g/mol. The standard InChI is InChI=1S/C28H32N2O4/c1-19-4-3-5-21(14-19)16-29-27-13-11-24(17-30-27)23-10-12-25(33-2)26(15-23)34-18-20-6-8-22(9-7-20)28(31)32/h3-5,10-15,17,20,22H,6-9,16,18H2,1-2H3,(H,29,30)(H,31,32). The van der Waals surface area contributed by atoms with Crippen LogP contribution in [0.5, 0.6) is 11.5 Å². The number of methoxy groups -OCH3 is 1. The van der Waals surface area contributed by atoms with Gasteiger partial charge in [-0.15, -0.1) is 0 Å².